The summed E-state index contributed by atoms with van der Waals surface area (Å²) in [6.07, 6.45) is 0. The van der Waals surface area contributed by atoms with Gasteiger partial charge < -0.3 is 4.42 Å². The van der Waals surface area contributed by atoms with Crippen molar-refractivity contribution in [2.75, 3.05) is 5.75 Å². The zero-order valence-electron chi connectivity index (χ0n) is 12.4. The normalized spacial score (nSPS) is 10.4. The van der Waals surface area contributed by atoms with Gasteiger partial charge in [0.1, 0.15) is 11.5 Å². The molecule has 0 saturated carbocycles. The predicted octanol–water partition coefficient (Wildman–Crippen LogP) is 3.76. The summed E-state index contributed by atoms with van der Waals surface area (Å²) < 4.78 is 5.27. The summed E-state index contributed by atoms with van der Waals surface area (Å²) in [6.45, 7) is 3.43. The van der Waals surface area contributed by atoms with E-state index in [2.05, 4.69) is 10.9 Å². The van der Waals surface area contributed by atoms with Crippen LogP contribution in [0, 0.1) is 13.8 Å². The lowest BCUT2D eigenvalue weighted by Gasteiger charge is -2.07. The third-order valence-electron chi connectivity index (χ3n) is 2.85. The van der Waals surface area contributed by atoms with Crippen LogP contribution in [0.5, 0.6) is 0 Å². The van der Waals surface area contributed by atoms with Gasteiger partial charge in [0.2, 0.25) is 5.91 Å². The van der Waals surface area contributed by atoms with Crippen LogP contribution in [0.3, 0.4) is 0 Å². The average molecular weight is 373 g/mol. The summed E-state index contributed by atoms with van der Waals surface area (Å²) >= 11 is 13.1. The Bertz CT molecular complexity index is 746. The lowest BCUT2D eigenvalue weighted by atomic mass is 10.2. The van der Waals surface area contributed by atoms with Gasteiger partial charge in [-0.05, 0) is 38.1 Å². The number of hydrogen-bond donors (Lipinski definition) is 2. The van der Waals surface area contributed by atoms with Gasteiger partial charge in [-0.3, -0.25) is 20.4 Å². The van der Waals surface area contributed by atoms with E-state index >= 15 is 0 Å². The molecule has 0 atom stereocenters. The maximum Gasteiger partial charge on any atom is 0.273 e. The second kappa shape index (κ2) is 7.77. The largest absolute Gasteiger partial charge is 0.466 e. The van der Waals surface area contributed by atoms with Crippen LogP contribution in [-0.4, -0.2) is 17.6 Å². The van der Waals surface area contributed by atoms with Gasteiger partial charge in [-0.1, -0.05) is 23.2 Å². The molecule has 2 amide bonds. The molecule has 1 heterocycles. The van der Waals surface area contributed by atoms with E-state index in [1.165, 1.54) is 11.8 Å². The Hall–Kier alpha value is -1.63. The quantitative estimate of drug-likeness (QED) is 0.633. The number of aryl methyl sites for hydroxylation is 2. The number of nitrogens with one attached hydrogen (secondary N) is 2. The fraction of sp³-hybridized carbons (Fsp3) is 0.200. The van der Waals surface area contributed by atoms with Crippen LogP contribution in [0.15, 0.2) is 33.6 Å². The van der Waals surface area contributed by atoms with E-state index < -0.39 is 5.91 Å². The van der Waals surface area contributed by atoms with E-state index in [9.17, 15) is 9.59 Å². The summed E-state index contributed by atoms with van der Waals surface area (Å²) in [4.78, 5) is 24.4. The zero-order valence-corrected chi connectivity index (χ0v) is 14.7. The molecule has 2 N–H and O–H groups in total. The van der Waals surface area contributed by atoms with Gasteiger partial charge in [0, 0.05) is 9.92 Å². The fourth-order valence-electron chi connectivity index (χ4n) is 1.82. The highest BCUT2D eigenvalue weighted by atomic mass is 35.5. The number of hydrazine groups is 1. The molecule has 1 aromatic carbocycles. The first kappa shape index (κ1) is 17.7. The summed E-state index contributed by atoms with van der Waals surface area (Å²) in [7, 11) is 0. The lowest BCUT2D eigenvalue weighted by Crippen LogP contribution is -2.42. The monoisotopic (exact) mass is 372 g/mol. The highest BCUT2D eigenvalue weighted by Gasteiger charge is 2.14. The predicted molar refractivity (Wildman–Crippen MR) is 91.0 cm³/mol. The zero-order chi connectivity index (χ0) is 17.0. The Kier molecular flexibility index (Phi) is 5.98. The molecule has 0 unspecified atom stereocenters. The standard InChI is InChI=1S/C15H14Cl2N2O3S/c1-8-5-11(9(2)22-8)15(21)19-18-14(20)7-23-13-6-10(16)3-4-12(13)17/h3-6H,7H2,1-2H3,(H,18,20)(H,19,21). The summed E-state index contributed by atoms with van der Waals surface area (Å²) in [5.41, 5.74) is 5.07. The molecule has 0 fully saturated rings. The number of hydrogen-bond acceptors (Lipinski definition) is 4. The fourth-order valence-corrected chi connectivity index (χ4v) is 3.11. The van der Waals surface area contributed by atoms with Crippen LogP contribution in [0.25, 0.3) is 0 Å². The number of benzene rings is 1. The van der Waals surface area contributed by atoms with Crippen LogP contribution in [0.1, 0.15) is 21.9 Å². The molecule has 0 spiro atoms. The number of carbonyl (C=O) groups excluding carboxylic acids is 2. The van der Waals surface area contributed by atoms with E-state index in [1.807, 2.05) is 0 Å². The number of halogens is 2. The Labute approximate surface area is 147 Å². The molecular weight excluding hydrogens is 359 g/mol. The maximum absolute atomic E-state index is 11.9. The highest BCUT2D eigenvalue weighted by molar-refractivity contribution is 8.00. The van der Waals surface area contributed by atoms with Crippen molar-refractivity contribution >= 4 is 46.8 Å². The van der Waals surface area contributed by atoms with E-state index in [0.717, 1.165) is 0 Å². The van der Waals surface area contributed by atoms with E-state index in [4.69, 9.17) is 27.6 Å². The van der Waals surface area contributed by atoms with Crippen molar-refractivity contribution in [3.63, 3.8) is 0 Å². The molecule has 122 valence electrons. The molecule has 1 aromatic heterocycles. The van der Waals surface area contributed by atoms with Gasteiger partial charge in [0.15, 0.2) is 0 Å². The molecule has 0 aliphatic heterocycles. The van der Waals surface area contributed by atoms with Crippen molar-refractivity contribution in [1.82, 2.24) is 10.9 Å². The minimum Gasteiger partial charge on any atom is -0.466 e. The second-order valence-electron chi connectivity index (χ2n) is 4.69. The summed E-state index contributed by atoms with van der Waals surface area (Å²) in [5.74, 6) is 0.416. The van der Waals surface area contributed by atoms with Crippen LogP contribution in [0.2, 0.25) is 10.0 Å². The smallest absolute Gasteiger partial charge is 0.273 e. The molecule has 0 saturated heterocycles. The van der Waals surface area contributed by atoms with Crippen molar-refractivity contribution in [3.05, 3.63) is 51.4 Å². The first-order chi connectivity index (χ1) is 10.9. The molecule has 2 aromatic rings. The molecular formula is C15H14Cl2N2O3S. The van der Waals surface area contributed by atoms with Gasteiger partial charge in [0.05, 0.1) is 16.3 Å². The second-order valence-corrected chi connectivity index (χ2v) is 6.55. The van der Waals surface area contributed by atoms with Gasteiger partial charge in [-0.25, -0.2) is 0 Å². The Morgan fingerprint density at radius 3 is 2.57 bits per heavy atom. The number of carbonyl (C=O) groups is 2. The topological polar surface area (TPSA) is 71.3 Å². The van der Waals surface area contributed by atoms with Crippen molar-refractivity contribution in [1.29, 1.82) is 0 Å². The SMILES string of the molecule is Cc1cc(C(=O)NNC(=O)CSc2cc(Cl)ccc2Cl)c(C)o1. The van der Waals surface area contributed by atoms with Crippen LogP contribution in [-0.2, 0) is 4.79 Å². The lowest BCUT2D eigenvalue weighted by molar-refractivity contribution is -0.119. The summed E-state index contributed by atoms with van der Waals surface area (Å²) in [5, 5.41) is 1.05. The minimum absolute atomic E-state index is 0.0870. The Morgan fingerprint density at radius 1 is 1.17 bits per heavy atom. The van der Waals surface area contributed by atoms with Crippen LogP contribution < -0.4 is 10.9 Å². The molecule has 8 heteroatoms. The number of thioether (sulfide) groups is 1. The molecule has 5 nitrogen and oxygen atoms in total. The number of furan rings is 1. The summed E-state index contributed by atoms with van der Waals surface area (Å²) in [6, 6.07) is 6.62. The first-order valence-corrected chi connectivity index (χ1v) is 8.35. The third kappa shape index (κ3) is 4.92. The van der Waals surface area contributed by atoms with E-state index in [1.54, 1.807) is 38.1 Å². The molecule has 0 aliphatic rings. The van der Waals surface area contributed by atoms with Gasteiger partial charge >= 0.3 is 0 Å². The minimum atomic E-state index is -0.432. The van der Waals surface area contributed by atoms with Gasteiger partial charge in [-0.2, -0.15) is 0 Å². The van der Waals surface area contributed by atoms with Crippen LogP contribution >= 0.6 is 35.0 Å². The number of rotatable bonds is 4. The molecule has 2 rings (SSSR count). The number of amides is 2. The van der Waals surface area contributed by atoms with Crippen molar-refractivity contribution < 1.29 is 14.0 Å². The van der Waals surface area contributed by atoms with Crippen molar-refractivity contribution in [2.24, 2.45) is 0 Å². The van der Waals surface area contributed by atoms with E-state index in [-0.39, 0.29) is 11.7 Å². The Balaban J connectivity index is 1.84. The molecule has 0 radical (unpaired) electrons. The molecule has 23 heavy (non-hydrogen) atoms. The van der Waals surface area contributed by atoms with Crippen LogP contribution in [0.4, 0.5) is 0 Å². The molecule has 0 aliphatic carbocycles. The average Bonchev–Trinajstić information content (AvgIpc) is 2.84. The molecule has 0 bridgehead atoms. The van der Waals surface area contributed by atoms with Crippen molar-refractivity contribution in [2.45, 2.75) is 18.7 Å². The van der Waals surface area contributed by atoms with E-state index in [0.29, 0.717) is 32.0 Å². The highest BCUT2D eigenvalue weighted by Crippen LogP contribution is 2.29. The Morgan fingerprint density at radius 2 is 1.91 bits per heavy atom. The maximum atomic E-state index is 11.9. The van der Waals surface area contributed by atoms with Crippen molar-refractivity contribution in [3.8, 4) is 0 Å². The third-order valence-corrected chi connectivity index (χ3v) is 4.59. The first-order valence-electron chi connectivity index (χ1n) is 6.61. The van der Waals surface area contributed by atoms with Gasteiger partial charge in [-0.15, -0.1) is 11.8 Å². The van der Waals surface area contributed by atoms with Gasteiger partial charge in [0.25, 0.3) is 5.91 Å².